The van der Waals surface area contributed by atoms with E-state index in [2.05, 4.69) is 46.3 Å². The Morgan fingerprint density at radius 1 is 1.48 bits per heavy atom. The molecule has 2 aromatic rings. The molecule has 2 atom stereocenters. The van der Waals surface area contributed by atoms with Gasteiger partial charge in [-0.2, -0.15) is 0 Å². The van der Waals surface area contributed by atoms with Crippen LogP contribution < -0.4 is 10.6 Å². The molecule has 0 radical (unpaired) electrons. The van der Waals surface area contributed by atoms with E-state index in [0.29, 0.717) is 30.4 Å². The quantitative estimate of drug-likeness (QED) is 0.633. The lowest BCUT2D eigenvalue weighted by atomic mass is 10.1. The molecule has 7 heteroatoms. The van der Waals surface area contributed by atoms with Crippen molar-refractivity contribution in [2.24, 2.45) is 10.9 Å². The zero-order valence-corrected chi connectivity index (χ0v) is 16.1. The molecule has 6 nitrogen and oxygen atoms in total. The van der Waals surface area contributed by atoms with Crippen LogP contribution in [0.5, 0.6) is 0 Å². The second-order valence-corrected chi connectivity index (χ2v) is 7.77. The number of aliphatic imine (C=N–C) groups is 1. The minimum Gasteiger partial charge on any atom is -0.443 e. The number of hydrogen-bond donors (Lipinski definition) is 2. The lowest BCUT2D eigenvalue weighted by molar-refractivity contribution is 0.265. The Hall–Kier alpha value is -1.86. The number of guanidine groups is 1. The van der Waals surface area contributed by atoms with E-state index < -0.39 is 0 Å². The Kier molecular flexibility index (Phi) is 5.75. The van der Waals surface area contributed by atoms with Crippen molar-refractivity contribution in [3.8, 4) is 10.8 Å². The summed E-state index contributed by atoms with van der Waals surface area (Å²) in [6.45, 7) is 9.55. The maximum Gasteiger partial charge on any atom is 0.236 e. The topological polar surface area (TPSA) is 65.7 Å². The lowest BCUT2D eigenvalue weighted by Crippen LogP contribution is -2.46. The average molecular weight is 362 g/mol. The van der Waals surface area contributed by atoms with Crippen LogP contribution in [-0.2, 0) is 6.54 Å². The van der Waals surface area contributed by atoms with Gasteiger partial charge in [-0.25, -0.2) is 4.98 Å². The average Bonchev–Trinajstić information content (AvgIpc) is 3.32. The van der Waals surface area contributed by atoms with Gasteiger partial charge in [-0.3, -0.25) is 9.89 Å². The van der Waals surface area contributed by atoms with E-state index >= 15 is 0 Å². The fourth-order valence-electron chi connectivity index (χ4n) is 3.06. The van der Waals surface area contributed by atoms with Crippen LogP contribution in [-0.4, -0.2) is 48.1 Å². The molecule has 1 aliphatic heterocycles. The van der Waals surface area contributed by atoms with Crippen LogP contribution in [0.3, 0.4) is 0 Å². The number of aromatic nitrogens is 1. The fraction of sp³-hybridized carbons (Fsp3) is 0.556. The largest absolute Gasteiger partial charge is 0.443 e. The van der Waals surface area contributed by atoms with E-state index in [9.17, 15) is 0 Å². The third kappa shape index (κ3) is 4.41. The van der Waals surface area contributed by atoms with Gasteiger partial charge in [0.2, 0.25) is 5.89 Å². The van der Waals surface area contributed by atoms with Crippen LogP contribution in [0, 0.1) is 5.92 Å². The first-order chi connectivity index (χ1) is 12.1. The van der Waals surface area contributed by atoms with Crippen molar-refractivity contribution in [2.45, 2.75) is 39.4 Å². The molecule has 1 fully saturated rings. The summed E-state index contributed by atoms with van der Waals surface area (Å²) in [7, 11) is 1.80. The van der Waals surface area contributed by atoms with Gasteiger partial charge in [0.05, 0.1) is 17.1 Å². The highest BCUT2D eigenvalue weighted by Crippen LogP contribution is 2.23. The van der Waals surface area contributed by atoms with Crippen LogP contribution in [0.4, 0.5) is 0 Å². The van der Waals surface area contributed by atoms with Crippen molar-refractivity contribution in [3.05, 3.63) is 29.5 Å². The van der Waals surface area contributed by atoms with Crippen molar-refractivity contribution in [1.29, 1.82) is 0 Å². The Morgan fingerprint density at radius 3 is 2.96 bits per heavy atom. The molecule has 3 heterocycles. The zero-order chi connectivity index (χ0) is 17.8. The fourth-order valence-corrected chi connectivity index (χ4v) is 3.72. The second-order valence-electron chi connectivity index (χ2n) is 6.82. The van der Waals surface area contributed by atoms with Gasteiger partial charge < -0.3 is 15.1 Å². The summed E-state index contributed by atoms with van der Waals surface area (Å²) in [5.74, 6) is 2.08. The summed E-state index contributed by atoms with van der Waals surface area (Å²) in [6, 6.07) is 5.00. The molecule has 0 amide bonds. The third-order valence-corrected chi connectivity index (χ3v) is 5.50. The maximum absolute atomic E-state index is 5.56. The second kappa shape index (κ2) is 8.01. The number of nitrogens with one attached hydrogen (secondary N) is 2. The summed E-state index contributed by atoms with van der Waals surface area (Å²) in [4.78, 5) is 12.4. The van der Waals surface area contributed by atoms with Crippen LogP contribution in [0.2, 0.25) is 0 Å². The molecule has 0 aliphatic carbocycles. The highest BCUT2D eigenvalue weighted by atomic mass is 32.1. The minimum absolute atomic E-state index is 0.410. The SMILES string of the molecule is CN=C(NCc1coc(-c2cccs2)n1)NC1CN(C(C)C)CC1C. The molecule has 0 aromatic carbocycles. The first-order valence-corrected chi connectivity index (χ1v) is 9.64. The van der Waals surface area contributed by atoms with Crippen molar-refractivity contribution >= 4 is 17.3 Å². The Morgan fingerprint density at radius 2 is 2.32 bits per heavy atom. The van der Waals surface area contributed by atoms with E-state index in [0.717, 1.165) is 29.6 Å². The molecule has 2 N–H and O–H groups in total. The molecule has 25 heavy (non-hydrogen) atoms. The van der Waals surface area contributed by atoms with Gasteiger partial charge >= 0.3 is 0 Å². The standard InChI is InChI=1S/C18H27N5OS/c1-12(2)23-9-13(3)15(10-23)22-18(19-4)20-8-14-11-24-17(21-14)16-6-5-7-25-16/h5-7,11-13,15H,8-10H2,1-4H3,(H2,19,20,22). The van der Waals surface area contributed by atoms with Crippen molar-refractivity contribution in [1.82, 2.24) is 20.5 Å². The van der Waals surface area contributed by atoms with Crippen molar-refractivity contribution < 1.29 is 4.42 Å². The summed E-state index contributed by atoms with van der Waals surface area (Å²) in [5, 5.41) is 8.90. The first kappa shape index (κ1) is 17.9. The smallest absolute Gasteiger partial charge is 0.236 e. The normalized spacial score (nSPS) is 21.9. The number of likely N-dealkylation sites (tertiary alicyclic amines) is 1. The maximum atomic E-state index is 5.56. The third-order valence-electron chi connectivity index (χ3n) is 4.64. The molecular weight excluding hydrogens is 334 g/mol. The summed E-state index contributed by atoms with van der Waals surface area (Å²) >= 11 is 1.62. The predicted molar refractivity (Wildman–Crippen MR) is 103 cm³/mol. The van der Waals surface area contributed by atoms with Crippen LogP contribution in [0.1, 0.15) is 26.5 Å². The Bertz CT molecular complexity index is 694. The summed E-state index contributed by atoms with van der Waals surface area (Å²) < 4.78 is 5.56. The first-order valence-electron chi connectivity index (χ1n) is 8.76. The van der Waals surface area contributed by atoms with Gasteiger partial charge in [0, 0.05) is 32.2 Å². The van der Waals surface area contributed by atoms with Crippen LogP contribution in [0.25, 0.3) is 10.8 Å². The molecule has 0 saturated carbocycles. The molecule has 136 valence electrons. The lowest BCUT2D eigenvalue weighted by Gasteiger charge is -2.21. The van der Waals surface area contributed by atoms with E-state index in [1.54, 1.807) is 24.6 Å². The van der Waals surface area contributed by atoms with Crippen LogP contribution >= 0.6 is 11.3 Å². The number of oxazole rings is 1. The van der Waals surface area contributed by atoms with E-state index in [4.69, 9.17) is 4.42 Å². The van der Waals surface area contributed by atoms with E-state index in [1.165, 1.54) is 0 Å². The van der Waals surface area contributed by atoms with Gasteiger partial charge in [0.1, 0.15) is 6.26 Å². The number of rotatable bonds is 5. The van der Waals surface area contributed by atoms with Gasteiger partial charge in [0.25, 0.3) is 0 Å². The Balaban J connectivity index is 1.53. The number of nitrogens with zero attached hydrogens (tertiary/aromatic N) is 3. The van der Waals surface area contributed by atoms with Gasteiger partial charge in [0.15, 0.2) is 5.96 Å². The van der Waals surface area contributed by atoms with E-state index in [1.807, 2.05) is 17.5 Å². The van der Waals surface area contributed by atoms with Gasteiger partial charge in [-0.05, 0) is 31.2 Å². The molecule has 1 aliphatic rings. The molecule has 0 spiro atoms. The molecule has 1 saturated heterocycles. The molecular formula is C18H27N5OS. The van der Waals surface area contributed by atoms with Crippen molar-refractivity contribution in [2.75, 3.05) is 20.1 Å². The Labute approximate surface area is 153 Å². The monoisotopic (exact) mass is 361 g/mol. The molecule has 2 unspecified atom stereocenters. The highest BCUT2D eigenvalue weighted by molar-refractivity contribution is 7.13. The number of hydrogen-bond acceptors (Lipinski definition) is 5. The molecule has 3 rings (SSSR count). The van der Waals surface area contributed by atoms with Crippen molar-refractivity contribution in [3.63, 3.8) is 0 Å². The van der Waals surface area contributed by atoms with E-state index in [-0.39, 0.29) is 0 Å². The predicted octanol–water partition coefficient (Wildman–Crippen LogP) is 2.80. The molecule has 0 bridgehead atoms. The minimum atomic E-state index is 0.410. The van der Waals surface area contributed by atoms with Gasteiger partial charge in [-0.1, -0.05) is 13.0 Å². The van der Waals surface area contributed by atoms with Crippen LogP contribution in [0.15, 0.2) is 33.2 Å². The zero-order valence-electron chi connectivity index (χ0n) is 15.3. The number of thiophene rings is 1. The summed E-state index contributed by atoms with van der Waals surface area (Å²) in [6.07, 6.45) is 1.70. The van der Waals surface area contributed by atoms with Gasteiger partial charge in [-0.15, -0.1) is 11.3 Å². The molecule has 2 aromatic heterocycles. The summed E-state index contributed by atoms with van der Waals surface area (Å²) in [5.41, 5.74) is 0.870. The highest BCUT2D eigenvalue weighted by Gasteiger charge is 2.31.